The van der Waals surface area contributed by atoms with Gasteiger partial charge in [0.1, 0.15) is 0 Å². The van der Waals surface area contributed by atoms with E-state index >= 15 is 0 Å². The Morgan fingerprint density at radius 3 is 2.88 bits per heavy atom. The Morgan fingerprint density at radius 2 is 2.24 bits per heavy atom. The van der Waals surface area contributed by atoms with Crippen molar-refractivity contribution in [1.82, 2.24) is 10.3 Å². The quantitative estimate of drug-likeness (QED) is 0.749. The van der Waals surface area contributed by atoms with Crippen molar-refractivity contribution in [2.24, 2.45) is 0 Å². The summed E-state index contributed by atoms with van der Waals surface area (Å²) in [5.74, 6) is -0.508. The molecule has 0 spiro atoms. The van der Waals surface area contributed by atoms with Crippen molar-refractivity contribution in [1.29, 1.82) is 0 Å². The van der Waals surface area contributed by atoms with E-state index in [1.54, 1.807) is 25.4 Å². The van der Waals surface area contributed by atoms with Crippen molar-refractivity contribution in [3.8, 4) is 0 Å². The smallest absolute Gasteiger partial charge is 0.306 e. The predicted molar refractivity (Wildman–Crippen MR) is 62.0 cm³/mol. The molecule has 1 aromatic heterocycles. The molecular weight excluding hydrogens is 220 g/mol. The van der Waals surface area contributed by atoms with Gasteiger partial charge in [0, 0.05) is 25.4 Å². The van der Waals surface area contributed by atoms with Crippen molar-refractivity contribution < 1.29 is 14.3 Å². The molecule has 1 rings (SSSR count). The summed E-state index contributed by atoms with van der Waals surface area (Å²) < 4.78 is 4.73. The Bertz CT molecular complexity index is 365. The van der Waals surface area contributed by atoms with Gasteiger partial charge in [-0.05, 0) is 18.6 Å². The maximum absolute atomic E-state index is 11.4. The minimum atomic E-state index is -0.343. The normalized spacial score (nSPS) is 9.71. The van der Waals surface area contributed by atoms with Crippen LogP contribution in [0.15, 0.2) is 24.5 Å². The Kier molecular flexibility index (Phi) is 5.71. The van der Waals surface area contributed by atoms with Gasteiger partial charge in [0.05, 0.1) is 13.0 Å². The average molecular weight is 236 g/mol. The zero-order valence-electron chi connectivity index (χ0n) is 9.81. The number of carbonyl (C=O) groups is 2. The number of pyridine rings is 1. The molecule has 0 saturated carbocycles. The molecule has 0 unspecified atom stereocenters. The molecular formula is C12H16N2O3. The lowest BCUT2D eigenvalue weighted by Gasteiger charge is -2.04. The zero-order chi connectivity index (χ0) is 12.5. The molecule has 0 aliphatic rings. The van der Waals surface area contributed by atoms with E-state index in [0.717, 1.165) is 5.56 Å². The number of amides is 1. The number of nitrogens with zero attached hydrogens (tertiary/aromatic N) is 1. The Hall–Kier alpha value is -1.91. The van der Waals surface area contributed by atoms with Gasteiger partial charge in [0.25, 0.3) is 0 Å². The first kappa shape index (κ1) is 13.2. The standard InChI is InChI=1S/C12H16N2O3/c1-2-17-12(16)6-5-11(15)14-9-10-4-3-7-13-8-10/h3-4,7-8H,2,5-6,9H2,1H3,(H,14,15). The van der Waals surface area contributed by atoms with Crippen LogP contribution in [0.5, 0.6) is 0 Å². The van der Waals surface area contributed by atoms with Crippen LogP contribution in [0.3, 0.4) is 0 Å². The summed E-state index contributed by atoms with van der Waals surface area (Å²) in [4.78, 5) is 26.3. The molecule has 1 heterocycles. The van der Waals surface area contributed by atoms with E-state index in [1.807, 2.05) is 6.07 Å². The Morgan fingerprint density at radius 1 is 1.41 bits per heavy atom. The summed E-state index contributed by atoms with van der Waals surface area (Å²) in [6.07, 6.45) is 3.63. The van der Waals surface area contributed by atoms with E-state index in [1.165, 1.54) is 0 Å². The highest BCUT2D eigenvalue weighted by Gasteiger charge is 2.06. The lowest BCUT2D eigenvalue weighted by Crippen LogP contribution is -2.23. The molecule has 0 radical (unpaired) electrons. The molecule has 0 aliphatic carbocycles. The van der Waals surface area contributed by atoms with E-state index < -0.39 is 0 Å². The van der Waals surface area contributed by atoms with Gasteiger partial charge in [-0.25, -0.2) is 0 Å². The fourth-order valence-electron chi connectivity index (χ4n) is 1.24. The minimum absolute atomic E-state index is 0.118. The van der Waals surface area contributed by atoms with Crippen LogP contribution in [0.1, 0.15) is 25.3 Å². The van der Waals surface area contributed by atoms with Crippen molar-refractivity contribution in [3.63, 3.8) is 0 Å². The monoisotopic (exact) mass is 236 g/mol. The molecule has 5 nitrogen and oxygen atoms in total. The second-order valence-electron chi connectivity index (χ2n) is 3.44. The summed E-state index contributed by atoms with van der Waals surface area (Å²) in [6, 6.07) is 3.68. The van der Waals surface area contributed by atoms with Crippen LogP contribution in [0.2, 0.25) is 0 Å². The maximum Gasteiger partial charge on any atom is 0.306 e. The predicted octanol–water partition coefficient (Wildman–Crippen LogP) is 1.04. The van der Waals surface area contributed by atoms with Gasteiger partial charge in [0.2, 0.25) is 5.91 Å². The van der Waals surface area contributed by atoms with Crippen LogP contribution in [-0.2, 0) is 20.9 Å². The fourth-order valence-corrected chi connectivity index (χ4v) is 1.24. The third kappa shape index (κ3) is 5.65. The van der Waals surface area contributed by atoms with Crippen molar-refractivity contribution in [3.05, 3.63) is 30.1 Å². The second kappa shape index (κ2) is 7.38. The molecule has 0 atom stereocenters. The number of hydrogen-bond donors (Lipinski definition) is 1. The van der Waals surface area contributed by atoms with Crippen LogP contribution < -0.4 is 5.32 Å². The van der Waals surface area contributed by atoms with Gasteiger partial charge in [-0.2, -0.15) is 0 Å². The highest BCUT2D eigenvalue weighted by molar-refractivity contribution is 5.81. The van der Waals surface area contributed by atoms with Crippen molar-refractivity contribution >= 4 is 11.9 Å². The first-order valence-corrected chi connectivity index (χ1v) is 5.53. The summed E-state index contributed by atoms with van der Waals surface area (Å²) in [5.41, 5.74) is 0.928. The number of ether oxygens (including phenoxy) is 1. The molecule has 5 heteroatoms. The zero-order valence-corrected chi connectivity index (χ0v) is 9.81. The summed E-state index contributed by atoms with van der Waals surface area (Å²) in [6.45, 7) is 2.51. The van der Waals surface area contributed by atoms with Crippen LogP contribution in [0.25, 0.3) is 0 Å². The minimum Gasteiger partial charge on any atom is -0.466 e. The molecule has 0 bridgehead atoms. The van der Waals surface area contributed by atoms with E-state index in [9.17, 15) is 9.59 Å². The van der Waals surface area contributed by atoms with E-state index in [0.29, 0.717) is 13.2 Å². The lowest BCUT2D eigenvalue weighted by molar-refractivity contribution is -0.144. The van der Waals surface area contributed by atoms with E-state index in [-0.39, 0.29) is 24.7 Å². The number of carbonyl (C=O) groups excluding carboxylic acids is 2. The van der Waals surface area contributed by atoms with Crippen molar-refractivity contribution in [2.75, 3.05) is 6.61 Å². The van der Waals surface area contributed by atoms with Gasteiger partial charge in [-0.3, -0.25) is 14.6 Å². The number of rotatable bonds is 6. The molecule has 1 aromatic rings. The SMILES string of the molecule is CCOC(=O)CCC(=O)NCc1cccnc1. The summed E-state index contributed by atoms with van der Waals surface area (Å²) >= 11 is 0. The number of nitrogens with one attached hydrogen (secondary N) is 1. The fraction of sp³-hybridized carbons (Fsp3) is 0.417. The maximum atomic E-state index is 11.4. The molecule has 0 fully saturated rings. The largest absolute Gasteiger partial charge is 0.466 e. The molecule has 0 aromatic carbocycles. The van der Waals surface area contributed by atoms with Gasteiger partial charge in [-0.1, -0.05) is 6.07 Å². The average Bonchev–Trinajstić information content (AvgIpc) is 2.35. The lowest BCUT2D eigenvalue weighted by atomic mass is 10.2. The van der Waals surface area contributed by atoms with Gasteiger partial charge in [0.15, 0.2) is 0 Å². The molecule has 0 saturated heterocycles. The van der Waals surface area contributed by atoms with E-state index in [2.05, 4.69) is 10.3 Å². The number of esters is 1. The van der Waals surface area contributed by atoms with E-state index in [4.69, 9.17) is 4.74 Å². The highest BCUT2D eigenvalue weighted by Crippen LogP contribution is 1.97. The topological polar surface area (TPSA) is 68.3 Å². The van der Waals surface area contributed by atoms with Crippen LogP contribution in [-0.4, -0.2) is 23.5 Å². The molecule has 92 valence electrons. The van der Waals surface area contributed by atoms with Crippen LogP contribution in [0.4, 0.5) is 0 Å². The second-order valence-corrected chi connectivity index (χ2v) is 3.44. The number of aromatic nitrogens is 1. The molecule has 0 aliphatic heterocycles. The van der Waals surface area contributed by atoms with Crippen LogP contribution in [0, 0.1) is 0 Å². The highest BCUT2D eigenvalue weighted by atomic mass is 16.5. The first-order chi connectivity index (χ1) is 8.22. The summed E-state index contributed by atoms with van der Waals surface area (Å²) in [7, 11) is 0. The molecule has 1 N–H and O–H groups in total. The van der Waals surface area contributed by atoms with Gasteiger partial charge < -0.3 is 10.1 Å². The Labute approximate surface area is 100 Å². The molecule has 17 heavy (non-hydrogen) atoms. The van der Waals surface area contributed by atoms with Gasteiger partial charge in [-0.15, -0.1) is 0 Å². The first-order valence-electron chi connectivity index (χ1n) is 5.53. The third-order valence-electron chi connectivity index (χ3n) is 2.07. The number of hydrogen-bond acceptors (Lipinski definition) is 4. The third-order valence-corrected chi connectivity index (χ3v) is 2.07. The van der Waals surface area contributed by atoms with Crippen molar-refractivity contribution in [2.45, 2.75) is 26.3 Å². The summed E-state index contributed by atoms with van der Waals surface area (Å²) in [5, 5.41) is 2.71. The molecule has 1 amide bonds. The van der Waals surface area contributed by atoms with Gasteiger partial charge >= 0.3 is 5.97 Å². The van der Waals surface area contributed by atoms with Crippen LogP contribution >= 0.6 is 0 Å². The Balaban J connectivity index is 2.20.